The van der Waals surface area contributed by atoms with Crippen molar-refractivity contribution in [2.75, 3.05) is 6.61 Å². The average molecular weight is 365 g/mol. The van der Waals surface area contributed by atoms with Gasteiger partial charge in [-0.1, -0.05) is 41.4 Å². The Balaban J connectivity index is 1.61. The Kier molecular flexibility index (Phi) is 4.92. The number of rotatable bonds is 5. The molecule has 1 heterocycles. The maximum atomic E-state index is 12.0. The Morgan fingerprint density at radius 3 is 2.75 bits per heavy atom. The molecule has 0 aliphatic rings. The molecule has 5 nitrogen and oxygen atoms in total. The number of benzene rings is 2. The summed E-state index contributed by atoms with van der Waals surface area (Å²) in [7, 11) is 0. The van der Waals surface area contributed by atoms with Gasteiger partial charge in [0.25, 0.3) is 0 Å². The molecule has 0 unspecified atom stereocenters. The zero-order valence-electron chi connectivity index (χ0n) is 12.6. The fourth-order valence-corrected chi connectivity index (χ4v) is 2.83. The van der Waals surface area contributed by atoms with Crippen molar-refractivity contribution in [1.82, 2.24) is 9.55 Å². The van der Waals surface area contributed by atoms with Gasteiger partial charge >= 0.3 is 11.7 Å². The highest BCUT2D eigenvalue weighted by Gasteiger charge is 2.14. The third-order valence-electron chi connectivity index (χ3n) is 3.61. The number of halogens is 2. The normalized spacial score (nSPS) is 10.9. The molecule has 2 aromatic carbocycles. The molecule has 24 heavy (non-hydrogen) atoms. The zero-order chi connectivity index (χ0) is 17.1. The second-order valence-electron chi connectivity index (χ2n) is 5.19. The summed E-state index contributed by atoms with van der Waals surface area (Å²) >= 11 is 11.9. The van der Waals surface area contributed by atoms with Gasteiger partial charge in [-0.05, 0) is 30.7 Å². The topological polar surface area (TPSA) is 64.1 Å². The van der Waals surface area contributed by atoms with E-state index in [0.717, 1.165) is 11.0 Å². The predicted octanol–water partition coefficient (Wildman–Crippen LogP) is 3.88. The van der Waals surface area contributed by atoms with E-state index in [1.165, 1.54) is 0 Å². The van der Waals surface area contributed by atoms with Crippen LogP contribution in [-0.2, 0) is 11.3 Å². The first-order valence-corrected chi connectivity index (χ1v) is 8.12. The van der Waals surface area contributed by atoms with Crippen LogP contribution < -0.4 is 5.69 Å². The number of H-pyrrole nitrogens is 1. The summed E-state index contributed by atoms with van der Waals surface area (Å²) in [4.78, 5) is 26.7. The first kappa shape index (κ1) is 16.6. The number of nitrogens with zero attached hydrogens (tertiary/aromatic N) is 1. The van der Waals surface area contributed by atoms with Crippen LogP contribution in [-0.4, -0.2) is 22.1 Å². The lowest BCUT2D eigenvalue weighted by Crippen LogP contribution is -2.18. The van der Waals surface area contributed by atoms with E-state index < -0.39 is 5.97 Å². The molecular formula is C17H14Cl2N2O3. The maximum Gasteiger partial charge on any atom is 0.339 e. The van der Waals surface area contributed by atoms with E-state index in [1.807, 2.05) is 24.3 Å². The summed E-state index contributed by atoms with van der Waals surface area (Å²) in [6, 6.07) is 12.2. The second kappa shape index (κ2) is 7.11. The molecule has 0 amide bonds. The number of carbonyl (C=O) groups is 1. The minimum Gasteiger partial charge on any atom is -0.462 e. The fraction of sp³-hybridized carbons (Fsp3) is 0.176. The van der Waals surface area contributed by atoms with Crippen molar-refractivity contribution in [2.24, 2.45) is 0 Å². The lowest BCUT2D eigenvalue weighted by Gasteiger charge is -2.07. The van der Waals surface area contributed by atoms with Gasteiger partial charge in [0.05, 0.1) is 33.2 Å². The quantitative estimate of drug-likeness (QED) is 0.551. The van der Waals surface area contributed by atoms with E-state index in [2.05, 4.69) is 4.98 Å². The Morgan fingerprint density at radius 1 is 1.12 bits per heavy atom. The Bertz CT molecular complexity index is 946. The molecule has 0 aliphatic heterocycles. The van der Waals surface area contributed by atoms with Gasteiger partial charge in [-0.15, -0.1) is 0 Å². The van der Waals surface area contributed by atoms with Gasteiger partial charge in [0.15, 0.2) is 0 Å². The summed E-state index contributed by atoms with van der Waals surface area (Å²) in [5.41, 5.74) is 1.66. The Morgan fingerprint density at radius 2 is 1.92 bits per heavy atom. The van der Waals surface area contributed by atoms with Gasteiger partial charge in [-0.25, -0.2) is 9.59 Å². The molecule has 3 aromatic rings. The maximum absolute atomic E-state index is 12.0. The highest BCUT2D eigenvalue weighted by molar-refractivity contribution is 6.43. The number of hydrogen-bond acceptors (Lipinski definition) is 3. The molecule has 0 bridgehead atoms. The summed E-state index contributed by atoms with van der Waals surface area (Å²) in [5.74, 6) is -0.534. The number of fused-ring (bicyclic) bond motifs is 1. The molecule has 0 spiro atoms. The van der Waals surface area contributed by atoms with Gasteiger partial charge in [0.1, 0.15) is 0 Å². The monoisotopic (exact) mass is 364 g/mol. The van der Waals surface area contributed by atoms with Crippen LogP contribution in [0.2, 0.25) is 10.0 Å². The SMILES string of the molecule is O=C(OCCCn1c(=O)[nH]c2ccccc21)c1cccc(Cl)c1Cl. The van der Waals surface area contributed by atoms with Crippen LogP contribution in [0.1, 0.15) is 16.8 Å². The van der Waals surface area contributed by atoms with E-state index in [-0.39, 0.29) is 22.9 Å². The van der Waals surface area contributed by atoms with Crippen molar-refractivity contribution in [3.8, 4) is 0 Å². The summed E-state index contributed by atoms with van der Waals surface area (Å²) in [6.07, 6.45) is 0.506. The van der Waals surface area contributed by atoms with Crippen LogP contribution in [0.4, 0.5) is 0 Å². The first-order valence-electron chi connectivity index (χ1n) is 7.36. The molecule has 124 valence electrons. The number of esters is 1. The number of imidazole rings is 1. The molecule has 0 fully saturated rings. The van der Waals surface area contributed by atoms with E-state index in [1.54, 1.807) is 22.8 Å². The van der Waals surface area contributed by atoms with Gasteiger partial charge in [-0.2, -0.15) is 0 Å². The minimum atomic E-state index is -0.534. The average Bonchev–Trinajstić information content (AvgIpc) is 2.89. The highest BCUT2D eigenvalue weighted by Crippen LogP contribution is 2.26. The fourth-order valence-electron chi connectivity index (χ4n) is 2.46. The largest absolute Gasteiger partial charge is 0.462 e. The number of aromatic nitrogens is 2. The van der Waals surface area contributed by atoms with Crippen LogP contribution in [0.25, 0.3) is 11.0 Å². The van der Waals surface area contributed by atoms with E-state index in [4.69, 9.17) is 27.9 Å². The minimum absolute atomic E-state index is 0.174. The predicted molar refractivity (Wildman–Crippen MR) is 93.9 cm³/mol. The Labute approximate surface area is 147 Å². The second-order valence-corrected chi connectivity index (χ2v) is 5.97. The molecule has 1 N–H and O–H groups in total. The number of hydrogen-bond donors (Lipinski definition) is 1. The van der Waals surface area contributed by atoms with Crippen molar-refractivity contribution in [3.05, 3.63) is 68.6 Å². The number of carbonyl (C=O) groups excluding carboxylic acids is 1. The molecule has 3 rings (SSSR count). The number of para-hydroxylation sites is 2. The van der Waals surface area contributed by atoms with Crippen LogP contribution >= 0.6 is 23.2 Å². The van der Waals surface area contributed by atoms with Gasteiger partial charge in [0, 0.05) is 6.54 Å². The van der Waals surface area contributed by atoms with Crippen molar-refractivity contribution in [2.45, 2.75) is 13.0 Å². The van der Waals surface area contributed by atoms with Gasteiger partial charge in [0.2, 0.25) is 0 Å². The smallest absolute Gasteiger partial charge is 0.339 e. The van der Waals surface area contributed by atoms with Crippen LogP contribution in [0, 0.1) is 0 Å². The van der Waals surface area contributed by atoms with Crippen molar-refractivity contribution in [3.63, 3.8) is 0 Å². The van der Waals surface area contributed by atoms with Gasteiger partial charge in [-0.3, -0.25) is 4.57 Å². The summed E-state index contributed by atoms with van der Waals surface area (Å²) in [6.45, 7) is 0.618. The molecule has 0 radical (unpaired) electrons. The Hall–Kier alpha value is -2.24. The van der Waals surface area contributed by atoms with Crippen molar-refractivity contribution >= 4 is 40.2 Å². The highest BCUT2D eigenvalue weighted by atomic mass is 35.5. The first-order chi connectivity index (χ1) is 11.6. The van der Waals surface area contributed by atoms with Crippen LogP contribution in [0.5, 0.6) is 0 Å². The molecule has 0 atom stereocenters. The molecule has 7 heteroatoms. The molecular weight excluding hydrogens is 351 g/mol. The molecule has 0 saturated carbocycles. The summed E-state index contributed by atoms with van der Waals surface area (Å²) < 4.78 is 6.83. The standard InChI is InChI=1S/C17H14Cl2N2O3/c18-12-6-3-5-11(15(12)19)16(22)24-10-4-9-21-14-8-2-1-7-13(14)20-17(21)23/h1-3,5-8H,4,9-10H2,(H,20,23). The molecule has 1 aromatic heterocycles. The molecule has 0 saturated heterocycles. The lowest BCUT2D eigenvalue weighted by molar-refractivity contribution is 0.0496. The van der Waals surface area contributed by atoms with Crippen molar-refractivity contribution in [1.29, 1.82) is 0 Å². The number of aryl methyl sites for hydroxylation is 1. The van der Waals surface area contributed by atoms with Crippen LogP contribution in [0.15, 0.2) is 47.3 Å². The lowest BCUT2D eigenvalue weighted by atomic mass is 10.2. The van der Waals surface area contributed by atoms with Crippen LogP contribution in [0.3, 0.4) is 0 Å². The summed E-state index contributed by atoms with van der Waals surface area (Å²) in [5, 5.41) is 0.480. The zero-order valence-corrected chi connectivity index (χ0v) is 14.1. The third-order valence-corrected chi connectivity index (χ3v) is 4.43. The van der Waals surface area contributed by atoms with E-state index >= 15 is 0 Å². The van der Waals surface area contributed by atoms with E-state index in [9.17, 15) is 9.59 Å². The van der Waals surface area contributed by atoms with Crippen molar-refractivity contribution < 1.29 is 9.53 Å². The van der Waals surface area contributed by atoms with E-state index in [0.29, 0.717) is 18.0 Å². The number of ether oxygens (including phenoxy) is 1. The third kappa shape index (κ3) is 3.32. The molecule has 0 aliphatic carbocycles. The number of aromatic amines is 1. The van der Waals surface area contributed by atoms with Gasteiger partial charge < -0.3 is 9.72 Å². The number of nitrogens with one attached hydrogen (secondary N) is 1.